The molecule has 0 saturated carbocycles. The predicted molar refractivity (Wildman–Crippen MR) is 57.6 cm³/mol. The fourth-order valence-electron chi connectivity index (χ4n) is 1.06. The first kappa shape index (κ1) is 14.6. The number of aliphatic imine (C=N–C) groups is 1. The van der Waals surface area contributed by atoms with Crippen LogP contribution in [0.2, 0.25) is 0 Å². The summed E-state index contributed by atoms with van der Waals surface area (Å²) in [6, 6.07) is 0. The van der Waals surface area contributed by atoms with Crippen molar-refractivity contribution in [3.63, 3.8) is 0 Å². The number of hydrogen-bond acceptors (Lipinski definition) is 1. The van der Waals surface area contributed by atoms with Crippen LogP contribution in [0.25, 0.3) is 0 Å². The third kappa shape index (κ3) is 7.99. The second-order valence-electron chi connectivity index (χ2n) is 2.90. The number of rotatable bonds is 4. The lowest BCUT2D eigenvalue weighted by Crippen LogP contribution is -3.09. The first-order valence-corrected chi connectivity index (χ1v) is 4.57. The Balaban J connectivity index is 0.000000385. The van der Waals surface area contributed by atoms with Gasteiger partial charge in [-0.25, -0.2) is 4.99 Å². The molecule has 0 aromatic heterocycles. The van der Waals surface area contributed by atoms with Gasteiger partial charge in [0.15, 0.2) is 0 Å². The number of halogens is 4. The summed E-state index contributed by atoms with van der Waals surface area (Å²) in [6.45, 7) is 8.26. The molecule has 0 amide bonds. The van der Waals surface area contributed by atoms with Gasteiger partial charge in [0.25, 0.3) is 0 Å². The molecule has 0 saturated heterocycles. The Kier molecular flexibility index (Phi) is 6.40. The molecule has 1 N–H and O–H groups in total. The van der Waals surface area contributed by atoms with Gasteiger partial charge >= 0.3 is 7.25 Å². The maximum Gasteiger partial charge on any atom is 0.673 e. The zero-order valence-corrected chi connectivity index (χ0v) is 8.67. The van der Waals surface area contributed by atoms with E-state index in [-0.39, 0.29) is 0 Å². The molecule has 1 unspecified atom stereocenters. The summed E-state index contributed by atoms with van der Waals surface area (Å²) in [5.74, 6) is 1.12. The number of nitrogens with one attached hydrogen (secondary N) is 1. The molecule has 0 aromatic rings. The summed E-state index contributed by atoms with van der Waals surface area (Å²) >= 11 is 0. The van der Waals surface area contributed by atoms with Gasteiger partial charge in [-0.2, -0.15) is 0 Å². The molecule has 1 aliphatic rings. The molecule has 0 fully saturated rings. The van der Waals surface area contributed by atoms with Gasteiger partial charge in [-0.3, -0.25) is 4.90 Å². The van der Waals surface area contributed by atoms with Crippen LogP contribution in [-0.4, -0.2) is 19.6 Å². The summed E-state index contributed by atoms with van der Waals surface area (Å²) in [5, 5.41) is 0. The molecule has 16 heavy (non-hydrogen) atoms. The highest BCUT2D eigenvalue weighted by Gasteiger charge is 2.20. The Hall–Kier alpha value is -1.37. The minimum Gasteiger partial charge on any atom is -0.418 e. The number of nitrogens with zero attached hydrogens (tertiary/aromatic N) is 1. The Bertz CT molecular complexity index is 290. The fourth-order valence-corrected chi connectivity index (χ4v) is 1.06. The van der Waals surface area contributed by atoms with Crippen molar-refractivity contribution in [1.29, 1.82) is 0 Å². The van der Waals surface area contributed by atoms with Gasteiger partial charge in [0.2, 0.25) is 5.84 Å². The molecule has 1 rings (SSSR count). The average molecular weight is 236 g/mol. The van der Waals surface area contributed by atoms with Gasteiger partial charge in [-0.05, 0) is 6.08 Å². The third-order valence-electron chi connectivity index (χ3n) is 1.58. The van der Waals surface area contributed by atoms with Crippen LogP contribution in [0.5, 0.6) is 0 Å². The van der Waals surface area contributed by atoms with E-state index in [2.05, 4.69) is 18.2 Å². The van der Waals surface area contributed by atoms with E-state index in [1.165, 1.54) is 4.90 Å². The highest BCUT2D eigenvalue weighted by molar-refractivity contribution is 6.50. The van der Waals surface area contributed by atoms with E-state index in [0.717, 1.165) is 18.8 Å². The molecule has 2 nitrogen and oxygen atoms in total. The van der Waals surface area contributed by atoms with E-state index < -0.39 is 7.25 Å². The molecule has 0 bridgehead atoms. The summed E-state index contributed by atoms with van der Waals surface area (Å²) in [7, 11) is -6.00. The Morgan fingerprint density at radius 2 is 1.81 bits per heavy atom. The van der Waals surface area contributed by atoms with Crippen LogP contribution in [0.3, 0.4) is 0 Å². The molecule has 7 heteroatoms. The van der Waals surface area contributed by atoms with Crippen molar-refractivity contribution in [2.24, 2.45) is 4.99 Å². The maximum absolute atomic E-state index is 9.75. The van der Waals surface area contributed by atoms with Crippen LogP contribution < -0.4 is 4.90 Å². The Morgan fingerprint density at radius 1 is 1.25 bits per heavy atom. The van der Waals surface area contributed by atoms with Crippen LogP contribution in [0.1, 0.15) is 6.42 Å². The third-order valence-corrected chi connectivity index (χ3v) is 1.58. The van der Waals surface area contributed by atoms with E-state index in [0.29, 0.717) is 0 Å². The van der Waals surface area contributed by atoms with Gasteiger partial charge in [0, 0.05) is 0 Å². The first-order valence-electron chi connectivity index (χ1n) is 4.57. The Morgan fingerprint density at radius 3 is 2.25 bits per heavy atom. The second kappa shape index (κ2) is 7.00. The molecule has 0 radical (unpaired) electrons. The smallest absolute Gasteiger partial charge is 0.418 e. The highest BCUT2D eigenvalue weighted by atomic mass is 19.5. The van der Waals surface area contributed by atoms with Crippen LogP contribution in [0, 0.1) is 0 Å². The lowest BCUT2D eigenvalue weighted by molar-refractivity contribution is -0.737. The van der Waals surface area contributed by atoms with Crippen LogP contribution in [0.4, 0.5) is 17.3 Å². The normalized spacial score (nSPS) is 18.5. The Labute approximate surface area is 91.8 Å². The average Bonchev–Trinajstić information content (AvgIpc) is 2.51. The minimum atomic E-state index is -6.00. The van der Waals surface area contributed by atoms with E-state index in [1.54, 1.807) is 0 Å². The van der Waals surface area contributed by atoms with E-state index in [9.17, 15) is 17.3 Å². The summed E-state index contributed by atoms with van der Waals surface area (Å²) in [4.78, 5) is 5.47. The van der Waals surface area contributed by atoms with Crippen LogP contribution in [-0.2, 0) is 0 Å². The van der Waals surface area contributed by atoms with E-state index in [1.807, 2.05) is 24.6 Å². The number of quaternary nitrogens is 1. The molecule has 1 atom stereocenters. The van der Waals surface area contributed by atoms with Crippen molar-refractivity contribution in [3.05, 3.63) is 37.7 Å². The highest BCUT2D eigenvalue weighted by Crippen LogP contribution is 2.06. The second-order valence-corrected chi connectivity index (χ2v) is 2.90. The molecular formula is C9H13BF4N2. The van der Waals surface area contributed by atoms with Gasteiger partial charge in [0.1, 0.15) is 12.7 Å². The zero-order valence-electron chi connectivity index (χ0n) is 8.67. The fraction of sp³-hybridized carbons (Fsp3) is 0.222. The first-order chi connectivity index (χ1) is 7.38. The largest absolute Gasteiger partial charge is 0.673 e. The molecule has 1 heterocycles. The van der Waals surface area contributed by atoms with Gasteiger partial charge in [-0.15, -0.1) is 6.58 Å². The van der Waals surface area contributed by atoms with Crippen molar-refractivity contribution >= 4 is 13.1 Å². The molecular weight excluding hydrogens is 223 g/mol. The van der Waals surface area contributed by atoms with Crippen molar-refractivity contribution in [1.82, 2.24) is 0 Å². The summed E-state index contributed by atoms with van der Waals surface area (Å²) in [6.07, 6.45) is 8.48. The van der Waals surface area contributed by atoms with Crippen molar-refractivity contribution in [2.45, 2.75) is 6.42 Å². The van der Waals surface area contributed by atoms with E-state index in [4.69, 9.17) is 0 Å². The predicted octanol–water partition coefficient (Wildman–Crippen LogP) is 1.82. The molecule has 0 aromatic carbocycles. The summed E-state index contributed by atoms with van der Waals surface area (Å²) < 4.78 is 39.0. The van der Waals surface area contributed by atoms with Crippen molar-refractivity contribution < 1.29 is 22.2 Å². The summed E-state index contributed by atoms with van der Waals surface area (Å²) in [5.41, 5.74) is 0. The van der Waals surface area contributed by atoms with Gasteiger partial charge < -0.3 is 17.3 Å². The van der Waals surface area contributed by atoms with Crippen molar-refractivity contribution in [2.75, 3.05) is 6.54 Å². The number of amidine groups is 1. The lowest BCUT2D eigenvalue weighted by atomic mass is 10.3. The van der Waals surface area contributed by atoms with Gasteiger partial charge in [0.05, 0.1) is 12.6 Å². The zero-order chi connectivity index (χ0) is 12.6. The van der Waals surface area contributed by atoms with Gasteiger partial charge in [-0.1, -0.05) is 12.7 Å². The quantitative estimate of drug-likeness (QED) is 0.435. The topological polar surface area (TPSA) is 16.8 Å². The molecule has 0 aliphatic carbocycles. The standard InChI is InChI=1S/C9H12N2.BF4/c1-3-5-9-10-6-8-11(9)7-4-2;2-1(3,4)5/h3-4,6,8H,1-2,5,7H2;/q;-1/p+1. The van der Waals surface area contributed by atoms with Crippen LogP contribution >= 0.6 is 0 Å². The monoisotopic (exact) mass is 236 g/mol. The molecule has 0 spiro atoms. The lowest BCUT2D eigenvalue weighted by Gasteiger charge is -2.07. The number of hydrogen-bond donors (Lipinski definition) is 1. The van der Waals surface area contributed by atoms with Crippen LogP contribution in [0.15, 0.2) is 42.7 Å². The van der Waals surface area contributed by atoms with E-state index >= 15 is 0 Å². The minimum absolute atomic E-state index is 0.857. The molecule has 90 valence electrons. The van der Waals surface area contributed by atoms with Crippen molar-refractivity contribution in [3.8, 4) is 0 Å². The maximum atomic E-state index is 9.75. The molecule has 1 aliphatic heterocycles. The SMILES string of the molecule is C=CCC1=NC=C[NH+]1CC=C.F[B-](F)(F)F.